The summed E-state index contributed by atoms with van der Waals surface area (Å²) in [7, 11) is 0. The Hall–Kier alpha value is 0.170. The van der Waals surface area contributed by atoms with Crippen LogP contribution >= 0.6 is 12.4 Å². The molecule has 1 aliphatic rings. The summed E-state index contributed by atoms with van der Waals surface area (Å²) in [5.41, 5.74) is 5.50. The third kappa shape index (κ3) is 2.84. The largest absolute Gasteiger partial charge is 0.394 e. The molecule has 0 saturated heterocycles. The first-order valence-corrected chi connectivity index (χ1v) is 3.31. The first kappa shape index (κ1) is 10.2. The van der Waals surface area contributed by atoms with Gasteiger partial charge in [-0.25, -0.2) is 0 Å². The molecule has 3 nitrogen and oxygen atoms in total. The number of nitrogens with two attached hydrogens (primary N) is 1. The van der Waals surface area contributed by atoms with Crippen molar-refractivity contribution in [3.8, 4) is 0 Å². The molecular weight excluding hydrogens is 154 g/mol. The topological polar surface area (TPSA) is 55.5 Å². The molecule has 0 bridgehead atoms. The van der Waals surface area contributed by atoms with Crippen LogP contribution in [-0.4, -0.2) is 30.5 Å². The molecule has 1 saturated carbocycles. The second kappa shape index (κ2) is 4.91. The van der Waals surface area contributed by atoms with Crippen molar-refractivity contribution in [1.29, 1.82) is 0 Å². The predicted octanol–water partition coefficient (Wildman–Crippen LogP) is -0.0932. The van der Waals surface area contributed by atoms with Crippen LogP contribution in [-0.2, 0) is 4.74 Å². The van der Waals surface area contributed by atoms with Crippen molar-refractivity contribution in [2.45, 2.75) is 25.0 Å². The lowest BCUT2D eigenvalue weighted by atomic mass is 9.90. The first-order chi connectivity index (χ1) is 4.33. The molecule has 1 fully saturated rings. The monoisotopic (exact) mass is 167 g/mol. The van der Waals surface area contributed by atoms with Gasteiger partial charge in [0.15, 0.2) is 0 Å². The molecule has 0 aromatic carbocycles. The minimum atomic E-state index is 0. The van der Waals surface area contributed by atoms with Gasteiger partial charge in [-0.05, 0) is 12.8 Å². The van der Waals surface area contributed by atoms with Crippen molar-refractivity contribution in [2.75, 3.05) is 13.2 Å². The predicted molar refractivity (Wildman–Crippen MR) is 41.3 cm³/mol. The zero-order valence-corrected chi connectivity index (χ0v) is 6.64. The van der Waals surface area contributed by atoms with Crippen molar-refractivity contribution in [3.05, 3.63) is 0 Å². The molecule has 0 heterocycles. The molecule has 0 unspecified atom stereocenters. The summed E-state index contributed by atoms with van der Waals surface area (Å²) in [5, 5.41) is 8.34. The van der Waals surface area contributed by atoms with Gasteiger partial charge in [-0.2, -0.15) is 0 Å². The van der Waals surface area contributed by atoms with Gasteiger partial charge in [0.05, 0.1) is 19.3 Å². The molecule has 0 aromatic rings. The van der Waals surface area contributed by atoms with E-state index in [2.05, 4.69) is 0 Å². The molecule has 3 N–H and O–H groups in total. The SMILES string of the molecule is Cl.N[C@H]1C[C@H](OCCO)C1. The van der Waals surface area contributed by atoms with Crippen molar-refractivity contribution >= 4 is 12.4 Å². The maximum atomic E-state index is 8.34. The van der Waals surface area contributed by atoms with Gasteiger partial charge in [0.2, 0.25) is 0 Å². The lowest BCUT2D eigenvalue weighted by molar-refractivity contribution is -0.0229. The van der Waals surface area contributed by atoms with E-state index in [9.17, 15) is 0 Å². The molecule has 4 heteroatoms. The third-order valence-electron chi connectivity index (χ3n) is 1.58. The molecule has 0 atom stereocenters. The highest BCUT2D eigenvalue weighted by Gasteiger charge is 2.25. The second-order valence-electron chi connectivity index (χ2n) is 2.45. The van der Waals surface area contributed by atoms with Crippen LogP contribution in [0.3, 0.4) is 0 Å². The number of hydrogen-bond acceptors (Lipinski definition) is 3. The fourth-order valence-electron chi connectivity index (χ4n) is 0.962. The van der Waals surface area contributed by atoms with Crippen LogP contribution in [0.1, 0.15) is 12.8 Å². The van der Waals surface area contributed by atoms with Crippen LogP contribution in [0.4, 0.5) is 0 Å². The molecule has 10 heavy (non-hydrogen) atoms. The van der Waals surface area contributed by atoms with Crippen molar-refractivity contribution < 1.29 is 9.84 Å². The summed E-state index contributed by atoms with van der Waals surface area (Å²) < 4.78 is 5.17. The summed E-state index contributed by atoms with van der Waals surface area (Å²) in [6.45, 7) is 0.573. The van der Waals surface area contributed by atoms with Gasteiger partial charge < -0.3 is 15.6 Å². The Kier molecular flexibility index (Phi) is 4.99. The summed E-state index contributed by atoms with van der Waals surface area (Å²) in [6, 6.07) is 0.341. The Morgan fingerprint density at radius 1 is 1.50 bits per heavy atom. The van der Waals surface area contributed by atoms with E-state index in [1.165, 1.54) is 0 Å². The van der Waals surface area contributed by atoms with Crippen LogP contribution in [0, 0.1) is 0 Å². The minimum Gasteiger partial charge on any atom is -0.394 e. The van der Waals surface area contributed by atoms with Crippen LogP contribution < -0.4 is 5.73 Å². The average Bonchev–Trinajstić information content (AvgIpc) is 1.78. The lowest BCUT2D eigenvalue weighted by Crippen LogP contribution is -2.41. The van der Waals surface area contributed by atoms with Crippen LogP contribution in [0.25, 0.3) is 0 Å². The van der Waals surface area contributed by atoms with Gasteiger partial charge in [-0.1, -0.05) is 0 Å². The number of rotatable bonds is 3. The minimum absolute atomic E-state index is 0. The molecule has 0 spiro atoms. The molecule has 0 radical (unpaired) electrons. The zero-order valence-electron chi connectivity index (χ0n) is 5.82. The lowest BCUT2D eigenvalue weighted by Gasteiger charge is -2.31. The zero-order chi connectivity index (χ0) is 6.69. The number of aliphatic hydroxyl groups is 1. The summed E-state index contributed by atoms with van der Waals surface area (Å²) in [6.07, 6.45) is 2.24. The van der Waals surface area contributed by atoms with Gasteiger partial charge >= 0.3 is 0 Å². The fraction of sp³-hybridized carbons (Fsp3) is 1.00. The normalized spacial score (nSPS) is 30.6. The van der Waals surface area contributed by atoms with Crippen LogP contribution in [0.2, 0.25) is 0 Å². The van der Waals surface area contributed by atoms with E-state index in [1.807, 2.05) is 0 Å². The molecule has 1 aliphatic carbocycles. The highest BCUT2D eigenvalue weighted by molar-refractivity contribution is 5.85. The number of ether oxygens (including phenoxy) is 1. The Morgan fingerprint density at radius 3 is 2.50 bits per heavy atom. The maximum Gasteiger partial charge on any atom is 0.0701 e. The van der Waals surface area contributed by atoms with Crippen molar-refractivity contribution in [1.82, 2.24) is 0 Å². The van der Waals surface area contributed by atoms with Crippen LogP contribution in [0.15, 0.2) is 0 Å². The van der Waals surface area contributed by atoms with E-state index in [4.69, 9.17) is 15.6 Å². The average molecular weight is 168 g/mol. The Balaban J connectivity index is 0.000000810. The Labute approximate surface area is 67.0 Å². The number of aliphatic hydroxyl groups excluding tert-OH is 1. The molecule has 0 aromatic heterocycles. The Morgan fingerprint density at radius 2 is 2.10 bits per heavy atom. The molecule has 0 aliphatic heterocycles. The molecular formula is C6H14ClNO2. The molecule has 62 valence electrons. The number of hydrogen-bond donors (Lipinski definition) is 2. The van der Waals surface area contributed by atoms with E-state index < -0.39 is 0 Å². The second-order valence-corrected chi connectivity index (χ2v) is 2.45. The van der Waals surface area contributed by atoms with Crippen molar-refractivity contribution in [2.24, 2.45) is 5.73 Å². The highest BCUT2D eigenvalue weighted by atomic mass is 35.5. The standard InChI is InChI=1S/C6H13NO2.ClH/c7-5-3-6(4-5)9-2-1-8;/h5-6,8H,1-4,7H2;1H/t5-,6-;. The van der Waals surface area contributed by atoms with E-state index in [-0.39, 0.29) is 19.0 Å². The number of halogens is 1. The van der Waals surface area contributed by atoms with Gasteiger partial charge in [-0.15, -0.1) is 12.4 Å². The highest BCUT2D eigenvalue weighted by Crippen LogP contribution is 2.20. The van der Waals surface area contributed by atoms with E-state index in [0.717, 1.165) is 12.8 Å². The molecule has 0 amide bonds. The quantitative estimate of drug-likeness (QED) is 0.618. The maximum absolute atomic E-state index is 8.34. The van der Waals surface area contributed by atoms with Gasteiger partial charge in [0.25, 0.3) is 0 Å². The fourth-order valence-corrected chi connectivity index (χ4v) is 0.962. The van der Waals surface area contributed by atoms with E-state index >= 15 is 0 Å². The Bertz CT molecular complexity index is 85.8. The summed E-state index contributed by atoms with van der Waals surface area (Å²) in [4.78, 5) is 0. The first-order valence-electron chi connectivity index (χ1n) is 3.31. The van der Waals surface area contributed by atoms with E-state index in [0.29, 0.717) is 18.8 Å². The van der Waals surface area contributed by atoms with E-state index in [1.54, 1.807) is 0 Å². The van der Waals surface area contributed by atoms with Gasteiger partial charge in [-0.3, -0.25) is 0 Å². The van der Waals surface area contributed by atoms with Gasteiger partial charge in [0, 0.05) is 6.04 Å². The molecule has 1 rings (SSSR count). The third-order valence-corrected chi connectivity index (χ3v) is 1.58. The summed E-state index contributed by atoms with van der Waals surface area (Å²) in [5.74, 6) is 0. The summed E-state index contributed by atoms with van der Waals surface area (Å²) >= 11 is 0. The smallest absolute Gasteiger partial charge is 0.0701 e. The van der Waals surface area contributed by atoms with Gasteiger partial charge in [0.1, 0.15) is 0 Å². The van der Waals surface area contributed by atoms with Crippen molar-refractivity contribution in [3.63, 3.8) is 0 Å². The van der Waals surface area contributed by atoms with Crippen LogP contribution in [0.5, 0.6) is 0 Å².